The lowest BCUT2D eigenvalue weighted by atomic mass is 9.88. The zero-order valence-corrected chi connectivity index (χ0v) is 24.9. The number of hydrogen-bond acceptors (Lipinski definition) is 4. The quantitative estimate of drug-likeness (QED) is 0.175. The lowest BCUT2D eigenvalue weighted by Crippen LogP contribution is -2.08. The third-order valence-corrected chi connectivity index (χ3v) is 7.40. The van der Waals surface area contributed by atoms with Crippen molar-refractivity contribution in [2.45, 2.75) is 39.5 Å². The minimum absolute atomic E-state index is 0.321. The number of benzene rings is 4. The van der Waals surface area contributed by atoms with E-state index in [1.54, 1.807) is 6.20 Å². The fourth-order valence-corrected chi connectivity index (χ4v) is 5.30. The van der Waals surface area contributed by atoms with Gasteiger partial charge in [-0.2, -0.15) is 0 Å². The van der Waals surface area contributed by atoms with Crippen LogP contribution in [0.25, 0.3) is 28.2 Å². The van der Waals surface area contributed by atoms with E-state index in [4.69, 9.17) is 14.5 Å². The SMILES string of the molecule is CC(C)c1cc(-c2ccccc2)cc(C(C)C)c1-n1ccnc1-c1cccc(Oc2cccc(Oc3ccccn3)c2)c1. The predicted molar refractivity (Wildman–Crippen MR) is 173 cm³/mol. The summed E-state index contributed by atoms with van der Waals surface area (Å²) in [5, 5.41) is 0. The van der Waals surface area contributed by atoms with E-state index in [0.29, 0.717) is 29.2 Å². The minimum Gasteiger partial charge on any atom is -0.457 e. The molecular weight excluding hydrogens is 530 g/mol. The van der Waals surface area contributed by atoms with Crippen LogP contribution in [-0.2, 0) is 0 Å². The Morgan fingerprint density at radius 2 is 1.16 bits per heavy atom. The number of nitrogens with zero attached hydrogens (tertiary/aromatic N) is 3. The van der Waals surface area contributed by atoms with E-state index in [1.807, 2.05) is 66.9 Å². The molecule has 0 fully saturated rings. The second-order valence-electron chi connectivity index (χ2n) is 11.2. The molecule has 0 radical (unpaired) electrons. The summed E-state index contributed by atoms with van der Waals surface area (Å²) in [5.74, 6) is 4.10. The number of hydrogen-bond donors (Lipinski definition) is 0. The van der Waals surface area contributed by atoms with Crippen molar-refractivity contribution in [3.63, 3.8) is 0 Å². The fourth-order valence-electron chi connectivity index (χ4n) is 5.30. The van der Waals surface area contributed by atoms with Gasteiger partial charge >= 0.3 is 0 Å². The van der Waals surface area contributed by atoms with Gasteiger partial charge in [0, 0.05) is 36.3 Å². The van der Waals surface area contributed by atoms with Crippen LogP contribution < -0.4 is 9.47 Å². The second kappa shape index (κ2) is 12.4. The van der Waals surface area contributed by atoms with Crippen LogP contribution >= 0.6 is 0 Å². The Morgan fingerprint density at radius 1 is 0.535 bits per heavy atom. The smallest absolute Gasteiger partial charge is 0.219 e. The van der Waals surface area contributed by atoms with Gasteiger partial charge in [-0.15, -0.1) is 0 Å². The zero-order valence-electron chi connectivity index (χ0n) is 24.9. The molecule has 5 heteroatoms. The van der Waals surface area contributed by atoms with Crippen LogP contribution in [0.1, 0.15) is 50.7 Å². The predicted octanol–water partition coefficient (Wildman–Crippen LogP) is 10.4. The van der Waals surface area contributed by atoms with E-state index < -0.39 is 0 Å². The van der Waals surface area contributed by atoms with Crippen molar-refractivity contribution in [1.29, 1.82) is 0 Å². The molecule has 4 aromatic carbocycles. The number of ether oxygens (including phenoxy) is 2. The van der Waals surface area contributed by atoms with Gasteiger partial charge in [-0.1, -0.05) is 82.3 Å². The van der Waals surface area contributed by atoms with E-state index in [1.165, 1.54) is 27.9 Å². The Labute approximate surface area is 253 Å². The van der Waals surface area contributed by atoms with Crippen molar-refractivity contribution in [2.24, 2.45) is 0 Å². The van der Waals surface area contributed by atoms with Crippen LogP contribution in [-0.4, -0.2) is 14.5 Å². The number of pyridine rings is 1. The lowest BCUT2D eigenvalue weighted by molar-refractivity contribution is 0.449. The average Bonchev–Trinajstić information content (AvgIpc) is 3.51. The Hall–Kier alpha value is -5.16. The highest BCUT2D eigenvalue weighted by atomic mass is 16.5. The summed E-state index contributed by atoms with van der Waals surface area (Å²) in [7, 11) is 0. The summed E-state index contributed by atoms with van der Waals surface area (Å²) in [6, 6.07) is 36.5. The van der Waals surface area contributed by atoms with E-state index >= 15 is 0 Å². The van der Waals surface area contributed by atoms with Crippen LogP contribution in [0.5, 0.6) is 23.1 Å². The van der Waals surface area contributed by atoms with Gasteiger partial charge in [-0.05, 0) is 76.6 Å². The van der Waals surface area contributed by atoms with Crippen LogP contribution in [0.2, 0.25) is 0 Å². The molecular formula is C38H35N3O2. The Balaban J connectivity index is 1.36. The Bertz CT molecular complexity index is 1800. The van der Waals surface area contributed by atoms with Gasteiger partial charge < -0.3 is 9.47 Å². The summed E-state index contributed by atoms with van der Waals surface area (Å²) in [4.78, 5) is 9.08. The molecule has 0 amide bonds. The largest absolute Gasteiger partial charge is 0.457 e. The molecule has 0 atom stereocenters. The van der Waals surface area contributed by atoms with Gasteiger partial charge in [0.2, 0.25) is 5.88 Å². The molecule has 6 rings (SSSR count). The van der Waals surface area contributed by atoms with E-state index in [0.717, 1.165) is 17.1 Å². The highest BCUT2D eigenvalue weighted by Crippen LogP contribution is 2.38. The standard InChI is InChI=1S/C38H35N3O2/c1-26(2)34-23-30(28-12-6-5-7-13-28)24-35(27(3)4)37(34)41-21-20-40-38(41)29-14-10-15-31(22-29)42-32-16-11-17-33(25-32)43-36-18-8-9-19-39-36/h5-27H,1-4H3. The minimum atomic E-state index is 0.321. The summed E-state index contributed by atoms with van der Waals surface area (Å²) in [5.41, 5.74) is 7.22. The van der Waals surface area contributed by atoms with Crippen molar-refractivity contribution in [1.82, 2.24) is 14.5 Å². The maximum Gasteiger partial charge on any atom is 0.219 e. The molecule has 0 bridgehead atoms. The molecule has 214 valence electrons. The van der Waals surface area contributed by atoms with E-state index in [9.17, 15) is 0 Å². The molecule has 0 aliphatic rings. The summed E-state index contributed by atoms with van der Waals surface area (Å²) < 4.78 is 14.4. The third kappa shape index (κ3) is 6.21. The first kappa shape index (κ1) is 28.0. The molecule has 0 saturated heterocycles. The van der Waals surface area contributed by atoms with Gasteiger partial charge in [-0.3, -0.25) is 4.57 Å². The molecule has 0 saturated carbocycles. The van der Waals surface area contributed by atoms with Gasteiger partial charge in [0.25, 0.3) is 0 Å². The van der Waals surface area contributed by atoms with Gasteiger partial charge in [0.05, 0.1) is 5.69 Å². The first-order chi connectivity index (χ1) is 21.0. The molecule has 0 aliphatic carbocycles. The number of aromatic nitrogens is 3. The lowest BCUT2D eigenvalue weighted by Gasteiger charge is -2.24. The monoisotopic (exact) mass is 565 g/mol. The third-order valence-electron chi connectivity index (χ3n) is 7.40. The second-order valence-corrected chi connectivity index (χ2v) is 11.2. The maximum atomic E-state index is 6.29. The van der Waals surface area contributed by atoms with Gasteiger partial charge in [0.1, 0.15) is 23.1 Å². The molecule has 6 aromatic rings. The zero-order chi connectivity index (χ0) is 29.8. The number of imidazole rings is 1. The van der Waals surface area contributed by atoms with Crippen LogP contribution in [0.3, 0.4) is 0 Å². The van der Waals surface area contributed by atoms with Gasteiger partial charge in [0.15, 0.2) is 0 Å². The van der Waals surface area contributed by atoms with Crippen molar-refractivity contribution < 1.29 is 9.47 Å². The van der Waals surface area contributed by atoms with Crippen molar-refractivity contribution in [3.8, 4) is 51.3 Å². The normalized spacial score (nSPS) is 11.2. The van der Waals surface area contributed by atoms with Crippen LogP contribution in [0.15, 0.2) is 128 Å². The molecule has 2 heterocycles. The Morgan fingerprint density at radius 3 is 1.84 bits per heavy atom. The number of rotatable bonds is 9. The topological polar surface area (TPSA) is 49.2 Å². The summed E-state index contributed by atoms with van der Waals surface area (Å²) in [6.45, 7) is 9.03. The molecule has 5 nitrogen and oxygen atoms in total. The summed E-state index contributed by atoms with van der Waals surface area (Å²) in [6.07, 6.45) is 5.65. The van der Waals surface area contributed by atoms with Crippen molar-refractivity contribution in [3.05, 3.63) is 139 Å². The first-order valence-corrected chi connectivity index (χ1v) is 14.7. The van der Waals surface area contributed by atoms with Gasteiger partial charge in [-0.25, -0.2) is 9.97 Å². The highest BCUT2D eigenvalue weighted by molar-refractivity contribution is 5.71. The molecule has 43 heavy (non-hydrogen) atoms. The molecule has 0 N–H and O–H groups in total. The molecule has 0 aliphatic heterocycles. The maximum absolute atomic E-state index is 6.29. The van der Waals surface area contributed by atoms with Crippen molar-refractivity contribution >= 4 is 0 Å². The molecule has 2 aromatic heterocycles. The van der Waals surface area contributed by atoms with E-state index in [-0.39, 0.29) is 0 Å². The molecule has 0 spiro atoms. The van der Waals surface area contributed by atoms with Crippen LogP contribution in [0.4, 0.5) is 0 Å². The highest BCUT2D eigenvalue weighted by Gasteiger charge is 2.21. The van der Waals surface area contributed by atoms with E-state index in [2.05, 4.69) is 92.0 Å². The average molecular weight is 566 g/mol. The molecule has 0 unspecified atom stereocenters. The summed E-state index contributed by atoms with van der Waals surface area (Å²) >= 11 is 0. The van der Waals surface area contributed by atoms with Crippen LogP contribution in [0, 0.1) is 0 Å². The fraction of sp³-hybridized carbons (Fsp3) is 0.158. The van der Waals surface area contributed by atoms with Crippen molar-refractivity contribution in [2.75, 3.05) is 0 Å². The first-order valence-electron chi connectivity index (χ1n) is 14.7. The Kier molecular flexibility index (Phi) is 8.05.